The number of rotatable bonds is 3. The molecule has 0 fully saturated rings. The Morgan fingerprint density at radius 1 is 0.944 bits per heavy atom. The van der Waals surface area contributed by atoms with Crippen LogP contribution >= 0.6 is 12.4 Å². The predicted molar refractivity (Wildman–Crippen MR) is 76.2 cm³/mol. The summed E-state index contributed by atoms with van der Waals surface area (Å²) in [6.45, 7) is 0.615. The van der Waals surface area contributed by atoms with Gasteiger partial charge in [-0.05, 0) is 35.9 Å². The Bertz CT molecular complexity index is 514. The second-order valence-corrected chi connectivity index (χ2v) is 3.82. The molecule has 96 valence electrons. The molecular weight excluding hydrogens is 253 g/mol. The predicted octanol–water partition coefficient (Wildman–Crippen LogP) is 3.02. The highest BCUT2D eigenvalue weighted by molar-refractivity contribution is 5.85. The van der Waals surface area contributed by atoms with Gasteiger partial charge in [-0.3, -0.25) is 0 Å². The van der Waals surface area contributed by atoms with Gasteiger partial charge in [-0.2, -0.15) is 0 Å². The minimum absolute atomic E-state index is 0. The van der Waals surface area contributed by atoms with Gasteiger partial charge in [0.25, 0.3) is 0 Å². The van der Waals surface area contributed by atoms with Crippen LogP contribution in [0.4, 0.5) is 21.5 Å². The van der Waals surface area contributed by atoms with Crippen molar-refractivity contribution in [2.24, 2.45) is 0 Å². The summed E-state index contributed by atoms with van der Waals surface area (Å²) in [5.41, 5.74) is 14.3. The average molecular weight is 268 g/mol. The third-order valence-corrected chi connectivity index (χ3v) is 2.50. The maximum absolute atomic E-state index is 12.7. The molecule has 0 aromatic heterocycles. The van der Waals surface area contributed by atoms with E-state index >= 15 is 0 Å². The first kappa shape index (κ1) is 14.1. The fraction of sp³-hybridized carbons (Fsp3) is 0.0769. The molecule has 0 aliphatic rings. The molecule has 0 spiro atoms. The summed E-state index contributed by atoms with van der Waals surface area (Å²) in [7, 11) is 0. The van der Waals surface area contributed by atoms with Crippen LogP contribution in [0.3, 0.4) is 0 Å². The molecule has 3 nitrogen and oxygen atoms in total. The number of nitrogens with one attached hydrogen (secondary N) is 1. The minimum Gasteiger partial charge on any atom is -0.397 e. The van der Waals surface area contributed by atoms with E-state index in [9.17, 15) is 4.39 Å². The molecular formula is C13H15ClFN3. The van der Waals surface area contributed by atoms with Gasteiger partial charge >= 0.3 is 0 Å². The molecule has 0 heterocycles. The molecule has 0 atom stereocenters. The van der Waals surface area contributed by atoms with Crippen molar-refractivity contribution in [3.63, 3.8) is 0 Å². The quantitative estimate of drug-likeness (QED) is 0.749. The highest BCUT2D eigenvalue weighted by atomic mass is 35.5. The Morgan fingerprint density at radius 2 is 1.61 bits per heavy atom. The Balaban J connectivity index is 0.00000162. The first-order chi connectivity index (χ1) is 8.15. The van der Waals surface area contributed by atoms with E-state index in [1.54, 1.807) is 24.3 Å². The lowest BCUT2D eigenvalue weighted by Crippen LogP contribution is -2.01. The van der Waals surface area contributed by atoms with Crippen LogP contribution in [0.2, 0.25) is 0 Å². The van der Waals surface area contributed by atoms with Crippen LogP contribution in [0.25, 0.3) is 0 Å². The first-order valence-corrected chi connectivity index (χ1v) is 5.28. The van der Waals surface area contributed by atoms with E-state index in [-0.39, 0.29) is 18.2 Å². The molecule has 0 aliphatic carbocycles. The van der Waals surface area contributed by atoms with Gasteiger partial charge in [0.2, 0.25) is 0 Å². The Labute approximate surface area is 111 Å². The van der Waals surface area contributed by atoms with E-state index in [2.05, 4.69) is 5.32 Å². The van der Waals surface area contributed by atoms with E-state index in [0.29, 0.717) is 17.9 Å². The molecule has 5 N–H and O–H groups in total. The van der Waals surface area contributed by atoms with Crippen LogP contribution in [-0.2, 0) is 6.54 Å². The van der Waals surface area contributed by atoms with Crippen LogP contribution in [-0.4, -0.2) is 0 Å². The molecule has 0 saturated carbocycles. The SMILES string of the molecule is Cl.Nc1ccc(NCc2ccc(F)cc2)cc1N. The number of anilines is 3. The maximum atomic E-state index is 12.7. The summed E-state index contributed by atoms with van der Waals surface area (Å²) in [4.78, 5) is 0. The van der Waals surface area contributed by atoms with E-state index in [1.807, 2.05) is 6.07 Å². The van der Waals surface area contributed by atoms with Crippen molar-refractivity contribution >= 4 is 29.5 Å². The molecule has 2 aromatic carbocycles. The number of hydrogen-bond acceptors (Lipinski definition) is 3. The van der Waals surface area contributed by atoms with Crippen molar-refractivity contribution < 1.29 is 4.39 Å². The highest BCUT2D eigenvalue weighted by Crippen LogP contribution is 2.20. The molecule has 18 heavy (non-hydrogen) atoms. The Morgan fingerprint density at radius 3 is 2.22 bits per heavy atom. The standard InChI is InChI=1S/C13H14FN3.ClH/c14-10-3-1-9(2-4-10)8-17-11-5-6-12(15)13(16)7-11;/h1-7,17H,8,15-16H2;1H. The first-order valence-electron chi connectivity index (χ1n) is 5.28. The van der Waals surface area contributed by atoms with Gasteiger partial charge in [-0.15, -0.1) is 12.4 Å². The molecule has 0 unspecified atom stereocenters. The summed E-state index contributed by atoms with van der Waals surface area (Å²) in [5.74, 6) is -0.231. The molecule has 0 aliphatic heterocycles. The van der Waals surface area contributed by atoms with Crippen LogP contribution in [0.15, 0.2) is 42.5 Å². The lowest BCUT2D eigenvalue weighted by Gasteiger charge is -2.08. The largest absolute Gasteiger partial charge is 0.397 e. The van der Waals surface area contributed by atoms with Crippen molar-refractivity contribution in [3.05, 3.63) is 53.8 Å². The molecule has 2 aromatic rings. The molecule has 0 radical (unpaired) electrons. The lowest BCUT2D eigenvalue weighted by molar-refractivity contribution is 0.627. The monoisotopic (exact) mass is 267 g/mol. The average Bonchev–Trinajstić information content (AvgIpc) is 2.33. The van der Waals surface area contributed by atoms with Gasteiger partial charge in [0.1, 0.15) is 5.82 Å². The zero-order valence-electron chi connectivity index (χ0n) is 9.69. The van der Waals surface area contributed by atoms with Crippen LogP contribution in [0, 0.1) is 5.82 Å². The zero-order chi connectivity index (χ0) is 12.3. The molecule has 0 amide bonds. The third-order valence-electron chi connectivity index (χ3n) is 2.50. The second kappa shape index (κ2) is 6.12. The summed E-state index contributed by atoms with van der Waals surface area (Å²) < 4.78 is 12.7. The van der Waals surface area contributed by atoms with Crippen molar-refractivity contribution in [2.75, 3.05) is 16.8 Å². The number of nitrogen functional groups attached to an aromatic ring is 2. The van der Waals surface area contributed by atoms with E-state index in [0.717, 1.165) is 11.3 Å². The van der Waals surface area contributed by atoms with E-state index in [4.69, 9.17) is 11.5 Å². The van der Waals surface area contributed by atoms with Crippen LogP contribution in [0.1, 0.15) is 5.56 Å². The number of nitrogens with two attached hydrogens (primary N) is 2. The summed E-state index contributed by atoms with van der Waals surface area (Å²) in [6, 6.07) is 11.7. The highest BCUT2D eigenvalue weighted by Gasteiger charge is 1.98. The van der Waals surface area contributed by atoms with Crippen molar-refractivity contribution in [2.45, 2.75) is 6.54 Å². The fourth-order valence-electron chi connectivity index (χ4n) is 1.49. The molecule has 0 saturated heterocycles. The van der Waals surface area contributed by atoms with Gasteiger partial charge in [0.05, 0.1) is 11.4 Å². The van der Waals surface area contributed by atoms with Crippen LogP contribution < -0.4 is 16.8 Å². The van der Waals surface area contributed by atoms with E-state index < -0.39 is 0 Å². The smallest absolute Gasteiger partial charge is 0.123 e. The molecule has 5 heteroatoms. The topological polar surface area (TPSA) is 64.1 Å². The van der Waals surface area contributed by atoms with Crippen molar-refractivity contribution in [1.29, 1.82) is 0 Å². The summed E-state index contributed by atoms with van der Waals surface area (Å²) >= 11 is 0. The Hall–Kier alpha value is -1.94. The molecule has 2 rings (SSSR count). The maximum Gasteiger partial charge on any atom is 0.123 e. The Kier molecular flexibility index (Phi) is 4.80. The van der Waals surface area contributed by atoms with E-state index in [1.165, 1.54) is 12.1 Å². The zero-order valence-corrected chi connectivity index (χ0v) is 10.5. The van der Waals surface area contributed by atoms with Crippen molar-refractivity contribution in [3.8, 4) is 0 Å². The van der Waals surface area contributed by atoms with Gasteiger partial charge < -0.3 is 16.8 Å². The van der Waals surface area contributed by atoms with Gasteiger partial charge in [0.15, 0.2) is 0 Å². The van der Waals surface area contributed by atoms with Gasteiger partial charge in [-0.1, -0.05) is 12.1 Å². The number of benzene rings is 2. The fourth-order valence-corrected chi connectivity index (χ4v) is 1.49. The summed E-state index contributed by atoms with van der Waals surface area (Å²) in [5, 5.41) is 3.19. The van der Waals surface area contributed by atoms with Crippen LogP contribution in [0.5, 0.6) is 0 Å². The minimum atomic E-state index is -0.231. The second-order valence-electron chi connectivity index (χ2n) is 3.82. The third kappa shape index (κ3) is 3.53. The van der Waals surface area contributed by atoms with Crippen molar-refractivity contribution in [1.82, 2.24) is 0 Å². The number of hydrogen-bond donors (Lipinski definition) is 3. The van der Waals surface area contributed by atoms with Gasteiger partial charge in [-0.25, -0.2) is 4.39 Å². The molecule has 0 bridgehead atoms. The van der Waals surface area contributed by atoms with Gasteiger partial charge in [0, 0.05) is 12.2 Å². The number of halogens is 2. The lowest BCUT2D eigenvalue weighted by atomic mass is 10.2. The summed E-state index contributed by atoms with van der Waals surface area (Å²) in [6.07, 6.45) is 0. The normalized spacial score (nSPS) is 9.61.